The van der Waals surface area contributed by atoms with E-state index in [0.29, 0.717) is 0 Å². The average molecular weight is 212 g/mol. The lowest BCUT2D eigenvalue weighted by Gasteiger charge is -2.20. The molecule has 1 fully saturated rings. The van der Waals surface area contributed by atoms with Gasteiger partial charge in [0.2, 0.25) is 0 Å². The molecular formula is C13H28N2. The smallest absolute Gasteiger partial charge is 0.000387 e. The molecular weight excluding hydrogens is 184 g/mol. The van der Waals surface area contributed by atoms with Gasteiger partial charge in [0.25, 0.3) is 0 Å². The molecule has 2 nitrogen and oxygen atoms in total. The van der Waals surface area contributed by atoms with E-state index in [9.17, 15) is 0 Å². The van der Waals surface area contributed by atoms with E-state index < -0.39 is 0 Å². The van der Waals surface area contributed by atoms with E-state index in [1.54, 1.807) is 0 Å². The summed E-state index contributed by atoms with van der Waals surface area (Å²) in [6.45, 7) is 9.67. The predicted molar refractivity (Wildman–Crippen MR) is 67.2 cm³/mol. The highest BCUT2D eigenvalue weighted by Crippen LogP contribution is 2.14. The van der Waals surface area contributed by atoms with Crippen molar-refractivity contribution in [1.29, 1.82) is 0 Å². The Labute approximate surface area is 95.4 Å². The maximum Gasteiger partial charge on any atom is 0.000387 e. The zero-order valence-electron chi connectivity index (χ0n) is 10.8. The van der Waals surface area contributed by atoms with Gasteiger partial charge in [-0.05, 0) is 57.8 Å². The molecule has 2 atom stereocenters. The van der Waals surface area contributed by atoms with Gasteiger partial charge < -0.3 is 10.2 Å². The SMILES string of the molecule is CCC(C)CN(C)CCCC1CCNC1. The largest absolute Gasteiger partial charge is 0.316 e. The Kier molecular flexibility index (Phi) is 6.26. The molecule has 1 rings (SSSR count). The molecule has 90 valence electrons. The second kappa shape index (κ2) is 7.24. The van der Waals surface area contributed by atoms with Gasteiger partial charge in [-0.2, -0.15) is 0 Å². The van der Waals surface area contributed by atoms with E-state index in [4.69, 9.17) is 0 Å². The van der Waals surface area contributed by atoms with E-state index >= 15 is 0 Å². The Balaban J connectivity index is 1.98. The van der Waals surface area contributed by atoms with Crippen molar-refractivity contribution in [3.63, 3.8) is 0 Å². The van der Waals surface area contributed by atoms with Crippen LogP contribution in [-0.4, -0.2) is 38.1 Å². The van der Waals surface area contributed by atoms with Crippen molar-refractivity contribution in [1.82, 2.24) is 10.2 Å². The minimum atomic E-state index is 0.850. The summed E-state index contributed by atoms with van der Waals surface area (Å²) >= 11 is 0. The summed E-state index contributed by atoms with van der Waals surface area (Å²) in [5, 5.41) is 3.44. The Morgan fingerprint density at radius 3 is 2.87 bits per heavy atom. The Bertz CT molecular complexity index is 153. The van der Waals surface area contributed by atoms with Crippen LogP contribution in [0.3, 0.4) is 0 Å². The fourth-order valence-electron chi connectivity index (χ4n) is 2.36. The monoisotopic (exact) mass is 212 g/mol. The minimum Gasteiger partial charge on any atom is -0.316 e. The van der Waals surface area contributed by atoms with Crippen LogP contribution in [-0.2, 0) is 0 Å². The van der Waals surface area contributed by atoms with E-state index in [-0.39, 0.29) is 0 Å². The molecule has 1 aliphatic rings. The van der Waals surface area contributed by atoms with Crippen molar-refractivity contribution >= 4 is 0 Å². The van der Waals surface area contributed by atoms with Gasteiger partial charge in [0, 0.05) is 6.54 Å². The Morgan fingerprint density at radius 1 is 1.47 bits per heavy atom. The van der Waals surface area contributed by atoms with E-state index in [1.807, 2.05) is 0 Å². The van der Waals surface area contributed by atoms with Crippen molar-refractivity contribution in [3.8, 4) is 0 Å². The van der Waals surface area contributed by atoms with Crippen LogP contribution in [0.1, 0.15) is 39.5 Å². The number of nitrogens with zero attached hydrogens (tertiary/aromatic N) is 1. The van der Waals surface area contributed by atoms with Gasteiger partial charge in [-0.1, -0.05) is 20.3 Å². The van der Waals surface area contributed by atoms with Gasteiger partial charge in [-0.25, -0.2) is 0 Å². The second-order valence-corrected chi connectivity index (χ2v) is 5.28. The molecule has 0 aromatic rings. The molecule has 0 aliphatic carbocycles. The molecule has 0 aromatic carbocycles. The van der Waals surface area contributed by atoms with Crippen LogP contribution in [0, 0.1) is 11.8 Å². The maximum absolute atomic E-state index is 3.44. The molecule has 0 radical (unpaired) electrons. The molecule has 1 N–H and O–H groups in total. The highest BCUT2D eigenvalue weighted by molar-refractivity contribution is 4.71. The first kappa shape index (κ1) is 13.0. The van der Waals surface area contributed by atoms with Crippen molar-refractivity contribution in [3.05, 3.63) is 0 Å². The zero-order valence-corrected chi connectivity index (χ0v) is 10.8. The van der Waals surface area contributed by atoms with Crippen LogP contribution in [0.2, 0.25) is 0 Å². The highest BCUT2D eigenvalue weighted by atomic mass is 15.1. The summed E-state index contributed by atoms with van der Waals surface area (Å²) in [6.07, 6.45) is 5.49. The van der Waals surface area contributed by atoms with Crippen molar-refractivity contribution < 1.29 is 0 Å². The molecule has 1 saturated heterocycles. The first-order valence-electron chi connectivity index (χ1n) is 6.61. The number of hydrogen-bond acceptors (Lipinski definition) is 2. The van der Waals surface area contributed by atoms with Gasteiger partial charge >= 0.3 is 0 Å². The molecule has 1 heterocycles. The fraction of sp³-hybridized carbons (Fsp3) is 1.00. The predicted octanol–water partition coefficient (Wildman–Crippen LogP) is 2.35. The first-order valence-corrected chi connectivity index (χ1v) is 6.61. The number of rotatable bonds is 7. The van der Waals surface area contributed by atoms with Crippen LogP contribution >= 0.6 is 0 Å². The van der Waals surface area contributed by atoms with Gasteiger partial charge in [0.05, 0.1) is 0 Å². The van der Waals surface area contributed by atoms with Crippen LogP contribution < -0.4 is 5.32 Å². The average Bonchev–Trinajstić information content (AvgIpc) is 2.70. The Hall–Kier alpha value is -0.0800. The molecule has 0 spiro atoms. The summed E-state index contributed by atoms with van der Waals surface area (Å²) in [7, 11) is 2.26. The quantitative estimate of drug-likeness (QED) is 0.697. The molecule has 0 bridgehead atoms. The molecule has 2 unspecified atom stereocenters. The maximum atomic E-state index is 3.44. The summed E-state index contributed by atoms with van der Waals surface area (Å²) in [5.41, 5.74) is 0. The lowest BCUT2D eigenvalue weighted by molar-refractivity contribution is 0.271. The van der Waals surface area contributed by atoms with Crippen LogP contribution in [0.4, 0.5) is 0 Å². The third-order valence-corrected chi connectivity index (χ3v) is 3.63. The molecule has 0 amide bonds. The zero-order chi connectivity index (χ0) is 11.1. The minimum absolute atomic E-state index is 0.850. The summed E-state index contributed by atoms with van der Waals surface area (Å²) in [4.78, 5) is 2.50. The standard InChI is InChI=1S/C13H28N2/c1-4-12(2)11-15(3)9-5-6-13-7-8-14-10-13/h12-14H,4-11H2,1-3H3. The topological polar surface area (TPSA) is 15.3 Å². The highest BCUT2D eigenvalue weighted by Gasteiger charge is 2.14. The fourth-order valence-corrected chi connectivity index (χ4v) is 2.36. The normalized spacial score (nSPS) is 23.6. The van der Waals surface area contributed by atoms with Crippen LogP contribution in [0.25, 0.3) is 0 Å². The molecule has 1 aliphatic heterocycles. The number of hydrogen-bond donors (Lipinski definition) is 1. The first-order chi connectivity index (χ1) is 7.22. The summed E-state index contributed by atoms with van der Waals surface area (Å²) in [6, 6.07) is 0. The van der Waals surface area contributed by atoms with E-state index in [2.05, 4.69) is 31.1 Å². The van der Waals surface area contributed by atoms with Crippen LogP contribution in [0.5, 0.6) is 0 Å². The van der Waals surface area contributed by atoms with Crippen molar-refractivity contribution in [2.45, 2.75) is 39.5 Å². The number of nitrogens with one attached hydrogen (secondary N) is 1. The lowest BCUT2D eigenvalue weighted by Crippen LogP contribution is -2.25. The van der Waals surface area contributed by atoms with Gasteiger partial charge in [-0.15, -0.1) is 0 Å². The molecule has 0 saturated carbocycles. The molecule has 15 heavy (non-hydrogen) atoms. The summed E-state index contributed by atoms with van der Waals surface area (Å²) in [5.74, 6) is 1.81. The van der Waals surface area contributed by atoms with E-state index in [0.717, 1.165) is 11.8 Å². The second-order valence-electron chi connectivity index (χ2n) is 5.28. The molecule has 2 heteroatoms. The molecule has 0 aromatic heterocycles. The van der Waals surface area contributed by atoms with Crippen molar-refractivity contribution in [2.24, 2.45) is 11.8 Å². The van der Waals surface area contributed by atoms with E-state index in [1.165, 1.54) is 51.9 Å². The summed E-state index contributed by atoms with van der Waals surface area (Å²) < 4.78 is 0. The van der Waals surface area contributed by atoms with Gasteiger partial charge in [0.1, 0.15) is 0 Å². The van der Waals surface area contributed by atoms with Crippen molar-refractivity contribution in [2.75, 3.05) is 33.2 Å². The Morgan fingerprint density at radius 2 is 2.27 bits per heavy atom. The lowest BCUT2D eigenvalue weighted by atomic mass is 10.0. The van der Waals surface area contributed by atoms with Gasteiger partial charge in [0.15, 0.2) is 0 Å². The van der Waals surface area contributed by atoms with Gasteiger partial charge in [-0.3, -0.25) is 0 Å². The van der Waals surface area contributed by atoms with Crippen LogP contribution in [0.15, 0.2) is 0 Å². The third kappa shape index (κ3) is 5.53. The third-order valence-electron chi connectivity index (χ3n) is 3.63.